The van der Waals surface area contributed by atoms with E-state index in [4.69, 9.17) is 36.1 Å². The van der Waals surface area contributed by atoms with Gasteiger partial charge < -0.3 is 14.8 Å². The molecule has 4 aromatic rings. The first-order chi connectivity index (χ1) is 16.6. The molecule has 0 atom stereocenters. The summed E-state index contributed by atoms with van der Waals surface area (Å²) in [7, 11) is 1.66. The molecule has 5 rings (SSSR count). The molecule has 2 heterocycles. The molecule has 0 spiro atoms. The van der Waals surface area contributed by atoms with Gasteiger partial charge in [-0.2, -0.15) is 9.50 Å². The fourth-order valence-electron chi connectivity index (χ4n) is 4.41. The summed E-state index contributed by atoms with van der Waals surface area (Å²) in [6.07, 6.45) is 4.88. The van der Waals surface area contributed by atoms with Gasteiger partial charge >= 0.3 is 0 Å². The summed E-state index contributed by atoms with van der Waals surface area (Å²) in [5.74, 6) is 3.83. The molecule has 0 saturated carbocycles. The SMILES string of the molecule is CCOc1ccc(CNc2c3c(nc4nc(Cc5ccc(Cl)cc5)nn24)CCCC3)cc1OC. The van der Waals surface area contributed by atoms with E-state index in [2.05, 4.69) is 11.4 Å². The average molecular weight is 478 g/mol. The highest BCUT2D eigenvalue weighted by Crippen LogP contribution is 2.30. The molecule has 0 fully saturated rings. The first-order valence-corrected chi connectivity index (χ1v) is 12.1. The molecule has 0 radical (unpaired) electrons. The predicted octanol–water partition coefficient (Wildman–Crippen LogP) is 5.27. The molecule has 1 aliphatic carbocycles. The molecule has 2 aromatic carbocycles. The lowest BCUT2D eigenvalue weighted by atomic mass is 9.96. The molecule has 0 unspecified atom stereocenters. The van der Waals surface area contributed by atoms with Crippen LogP contribution in [0.4, 0.5) is 5.82 Å². The monoisotopic (exact) mass is 477 g/mol. The molecule has 0 bridgehead atoms. The summed E-state index contributed by atoms with van der Waals surface area (Å²) in [6.45, 7) is 3.19. The number of hydrogen-bond donors (Lipinski definition) is 1. The number of anilines is 1. The van der Waals surface area contributed by atoms with Gasteiger partial charge in [0.2, 0.25) is 0 Å². The van der Waals surface area contributed by atoms with Crippen molar-refractivity contribution in [3.8, 4) is 11.5 Å². The van der Waals surface area contributed by atoms with E-state index < -0.39 is 0 Å². The van der Waals surface area contributed by atoms with Gasteiger partial charge in [0.1, 0.15) is 5.82 Å². The summed E-state index contributed by atoms with van der Waals surface area (Å²) in [5.41, 5.74) is 4.56. The highest BCUT2D eigenvalue weighted by atomic mass is 35.5. The van der Waals surface area contributed by atoms with Gasteiger partial charge in [-0.05, 0) is 68.0 Å². The van der Waals surface area contributed by atoms with Gasteiger partial charge in [-0.15, -0.1) is 5.10 Å². The van der Waals surface area contributed by atoms with E-state index >= 15 is 0 Å². The fourth-order valence-corrected chi connectivity index (χ4v) is 4.53. The molecule has 0 aliphatic heterocycles. The van der Waals surface area contributed by atoms with Crippen molar-refractivity contribution < 1.29 is 9.47 Å². The Morgan fingerprint density at radius 3 is 2.59 bits per heavy atom. The second-order valence-electron chi connectivity index (χ2n) is 8.41. The quantitative estimate of drug-likeness (QED) is 0.373. The third-order valence-electron chi connectivity index (χ3n) is 6.07. The Morgan fingerprint density at radius 2 is 1.79 bits per heavy atom. The van der Waals surface area contributed by atoms with Crippen molar-refractivity contribution in [2.45, 2.75) is 45.6 Å². The highest BCUT2D eigenvalue weighted by Gasteiger charge is 2.21. The third-order valence-corrected chi connectivity index (χ3v) is 6.32. The Hall–Kier alpha value is -3.32. The minimum absolute atomic E-state index is 0.597. The van der Waals surface area contributed by atoms with Crippen LogP contribution in [-0.2, 0) is 25.8 Å². The Bertz CT molecular complexity index is 1300. The minimum Gasteiger partial charge on any atom is -0.493 e. The number of nitrogens with zero attached hydrogens (tertiary/aromatic N) is 4. The van der Waals surface area contributed by atoms with Crippen molar-refractivity contribution >= 4 is 23.2 Å². The molecular weight excluding hydrogens is 450 g/mol. The summed E-state index contributed by atoms with van der Waals surface area (Å²) < 4.78 is 13.0. The Morgan fingerprint density at radius 1 is 1.00 bits per heavy atom. The van der Waals surface area contributed by atoms with E-state index in [0.717, 1.165) is 70.7 Å². The lowest BCUT2D eigenvalue weighted by Crippen LogP contribution is -2.15. The van der Waals surface area contributed by atoms with Crippen molar-refractivity contribution in [2.24, 2.45) is 0 Å². The zero-order chi connectivity index (χ0) is 23.5. The van der Waals surface area contributed by atoms with Crippen molar-refractivity contribution in [3.63, 3.8) is 0 Å². The molecule has 2 aromatic heterocycles. The first-order valence-electron chi connectivity index (χ1n) is 11.7. The molecule has 176 valence electrons. The summed E-state index contributed by atoms with van der Waals surface area (Å²) in [5, 5.41) is 9.17. The third kappa shape index (κ3) is 4.66. The van der Waals surface area contributed by atoms with Gasteiger partial charge in [0.15, 0.2) is 17.3 Å². The number of nitrogens with one attached hydrogen (secondary N) is 1. The number of methoxy groups -OCH3 is 1. The van der Waals surface area contributed by atoms with E-state index in [1.165, 1.54) is 5.56 Å². The van der Waals surface area contributed by atoms with Crippen molar-refractivity contribution in [2.75, 3.05) is 19.0 Å². The van der Waals surface area contributed by atoms with Crippen LogP contribution < -0.4 is 14.8 Å². The lowest BCUT2D eigenvalue weighted by Gasteiger charge is -2.20. The molecule has 0 amide bonds. The van der Waals surface area contributed by atoms with E-state index in [0.29, 0.717) is 25.4 Å². The number of rotatable bonds is 8. The molecule has 1 aliphatic rings. The highest BCUT2D eigenvalue weighted by molar-refractivity contribution is 6.30. The lowest BCUT2D eigenvalue weighted by molar-refractivity contribution is 0.310. The number of halogens is 1. The maximum Gasteiger partial charge on any atom is 0.254 e. The number of benzene rings is 2. The van der Waals surface area contributed by atoms with Gasteiger partial charge in [0.05, 0.1) is 19.4 Å². The number of aryl methyl sites for hydroxylation is 1. The first kappa shape index (κ1) is 22.5. The van der Waals surface area contributed by atoms with Crippen LogP contribution in [0.15, 0.2) is 42.5 Å². The summed E-state index contributed by atoms with van der Waals surface area (Å²) in [6, 6.07) is 13.8. The van der Waals surface area contributed by atoms with E-state index in [9.17, 15) is 0 Å². The molecule has 34 heavy (non-hydrogen) atoms. The topological polar surface area (TPSA) is 73.6 Å². The zero-order valence-corrected chi connectivity index (χ0v) is 20.2. The second-order valence-corrected chi connectivity index (χ2v) is 8.84. The van der Waals surface area contributed by atoms with E-state index in [1.54, 1.807) is 7.11 Å². The van der Waals surface area contributed by atoms with Crippen LogP contribution in [0.2, 0.25) is 5.02 Å². The molecule has 8 heteroatoms. The number of aromatic nitrogens is 4. The molecule has 0 saturated heterocycles. The predicted molar refractivity (Wildman–Crippen MR) is 133 cm³/mol. The van der Waals surface area contributed by atoms with Gasteiger partial charge in [0, 0.05) is 23.6 Å². The number of fused-ring (bicyclic) bond motifs is 2. The normalized spacial score (nSPS) is 13.0. The summed E-state index contributed by atoms with van der Waals surface area (Å²) >= 11 is 6.03. The smallest absolute Gasteiger partial charge is 0.254 e. The van der Waals surface area contributed by atoms with Gasteiger partial charge in [0.25, 0.3) is 5.78 Å². The van der Waals surface area contributed by atoms with Crippen LogP contribution in [0.25, 0.3) is 5.78 Å². The Labute approximate surface area is 204 Å². The minimum atomic E-state index is 0.597. The van der Waals surface area contributed by atoms with Gasteiger partial charge in [-0.25, -0.2) is 4.98 Å². The maximum absolute atomic E-state index is 6.03. The van der Waals surface area contributed by atoms with Crippen molar-refractivity contribution in [1.82, 2.24) is 19.6 Å². The van der Waals surface area contributed by atoms with Crippen LogP contribution in [-0.4, -0.2) is 33.3 Å². The Kier molecular flexibility index (Phi) is 6.54. The molecule has 1 N–H and O–H groups in total. The summed E-state index contributed by atoms with van der Waals surface area (Å²) in [4.78, 5) is 9.60. The molecule has 7 nitrogen and oxygen atoms in total. The Balaban J connectivity index is 1.46. The van der Waals surface area contributed by atoms with Crippen LogP contribution in [0.3, 0.4) is 0 Å². The fraction of sp³-hybridized carbons (Fsp3) is 0.346. The number of hydrogen-bond acceptors (Lipinski definition) is 6. The van der Waals surface area contributed by atoms with Crippen LogP contribution in [0.1, 0.15) is 48.0 Å². The zero-order valence-electron chi connectivity index (χ0n) is 19.5. The van der Waals surface area contributed by atoms with Crippen LogP contribution in [0, 0.1) is 0 Å². The van der Waals surface area contributed by atoms with Gasteiger partial charge in [-0.3, -0.25) is 0 Å². The van der Waals surface area contributed by atoms with E-state index in [-0.39, 0.29) is 0 Å². The maximum atomic E-state index is 6.03. The van der Waals surface area contributed by atoms with Gasteiger partial charge in [-0.1, -0.05) is 29.8 Å². The molecular formula is C26H28ClN5O2. The average Bonchev–Trinajstić information content (AvgIpc) is 3.26. The van der Waals surface area contributed by atoms with E-state index in [1.807, 2.05) is 47.8 Å². The number of ether oxygens (including phenoxy) is 2. The van der Waals surface area contributed by atoms with Crippen LogP contribution in [0.5, 0.6) is 11.5 Å². The second kappa shape index (κ2) is 9.89. The van der Waals surface area contributed by atoms with Crippen molar-refractivity contribution in [1.29, 1.82) is 0 Å². The van der Waals surface area contributed by atoms with Crippen molar-refractivity contribution in [3.05, 3.63) is 75.7 Å². The largest absolute Gasteiger partial charge is 0.493 e. The van der Waals surface area contributed by atoms with Crippen LogP contribution >= 0.6 is 11.6 Å². The standard InChI is InChI=1S/C26H28ClN5O2/c1-3-34-22-13-10-18(14-23(22)33-2)16-28-25-20-6-4-5-7-21(20)29-26-30-24(31-32(25)26)15-17-8-11-19(27)12-9-17/h8-14,28H,3-7,15-16H2,1-2H3.